The maximum absolute atomic E-state index is 11.6. The molecule has 1 aromatic heterocycles. The number of carbonyl (C=O) groups excluding carboxylic acids is 1. The van der Waals surface area contributed by atoms with Crippen LogP contribution in [-0.4, -0.2) is 25.0 Å². The topological polar surface area (TPSA) is 54.3 Å². The zero-order valence-corrected chi connectivity index (χ0v) is 9.58. The van der Waals surface area contributed by atoms with Crippen LogP contribution in [0.5, 0.6) is 0 Å². The Balaban J connectivity index is 1.71. The summed E-state index contributed by atoms with van der Waals surface area (Å²) in [7, 11) is 0. The van der Waals surface area contributed by atoms with Crippen molar-refractivity contribution in [1.82, 2.24) is 10.6 Å². The van der Waals surface area contributed by atoms with Gasteiger partial charge in [-0.25, -0.2) is 0 Å². The zero-order valence-electron chi connectivity index (χ0n) is 9.58. The minimum atomic E-state index is -0.119. The van der Waals surface area contributed by atoms with Crippen molar-refractivity contribution >= 4 is 5.91 Å². The van der Waals surface area contributed by atoms with Crippen LogP contribution in [-0.2, 0) is 0 Å². The van der Waals surface area contributed by atoms with Gasteiger partial charge in [0.05, 0.1) is 0 Å². The number of furan rings is 1. The van der Waals surface area contributed by atoms with Gasteiger partial charge in [0.25, 0.3) is 5.91 Å². The fourth-order valence-electron chi connectivity index (χ4n) is 2.01. The summed E-state index contributed by atoms with van der Waals surface area (Å²) in [6, 6.07) is 4.07. The van der Waals surface area contributed by atoms with Crippen LogP contribution in [0.4, 0.5) is 0 Å². The normalized spacial score (nSPS) is 19.9. The molecule has 0 aromatic carbocycles. The standard InChI is InChI=1S/C12H18N2O2/c1-9-4-5-11(16-9)12(15)14-8-6-10-3-2-7-13-10/h4-5,10,13H,2-3,6-8H2,1H3,(H,14,15)/t10-/m1/s1. The third-order valence-corrected chi connectivity index (χ3v) is 2.90. The number of hydrogen-bond acceptors (Lipinski definition) is 3. The predicted molar refractivity (Wildman–Crippen MR) is 61.4 cm³/mol. The van der Waals surface area contributed by atoms with E-state index < -0.39 is 0 Å². The lowest BCUT2D eigenvalue weighted by Crippen LogP contribution is -2.30. The van der Waals surface area contributed by atoms with Crippen molar-refractivity contribution < 1.29 is 9.21 Å². The number of carbonyl (C=O) groups is 1. The molecule has 1 aliphatic rings. The number of aryl methyl sites for hydroxylation is 1. The Labute approximate surface area is 95.4 Å². The van der Waals surface area contributed by atoms with Gasteiger partial charge < -0.3 is 15.1 Å². The molecule has 2 heterocycles. The van der Waals surface area contributed by atoms with Crippen molar-refractivity contribution in [3.8, 4) is 0 Å². The number of amides is 1. The summed E-state index contributed by atoms with van der Waals surface area (Å²) >= 11 is 0. The summed E-state index contributed by atoms with van der Waals surface area (Å²) < 4.78 is 5.24. The smallest absolute Gasteiger partial charge is 0.286 e. The van der Waals surface area contributed by atoms with Crippen LogP contribution in [0.15, 0.2) is 16.5 Å². The molecule has 0 unspecified atom stereocenters. The monoisotopic (exact) mass is 222 g/mol. The van der Waals surface area contributed by atoms with Crippen molar-refractivity contribution in [1.29, 1.82) is 0 Å². The fraction of sp³-hybridized carbons (Fsp3) is 0.583. The Kier molecular flexibility index (Phi) is 3.62. The molecule has 0 spiro atoms. The molecule has 4 nitrogen and oxygen atoms in total. The summed E-state index contributed by atoms with van der Waals surface area (Å²) in [4.78, 5) is 11.6. The van der Waals surface area contributed by atoms with Crippen LogP contribution >= 0.6 is 0 Å². The second-order valence-corrected chi connectivity index (χ2v) is 4.25. The Bertz CT molecular complexity index is 354. The quantitative estimate of drug-likeness (QED) is 0.811. The summed E-state index contributed by atoms with van der Waals surface area (Å²) in [5.41, 5.74) is 0. The van der Waals surface area contributed by atoms with Gasteiger partial charge in [0.1, 0.15) is 5.76 Å². The molecule has 1 atom stereocenters. The third kappa shape index (κ3) is 2.85. The highest BCUT2D eigenvalue weighted by Gasteiger charge is 2.14. The van der Waals surface area contributed by atoms with Gasteiger partial charge in [0.2, 0.25) is 0 Å². The summed E-state index contributed by atoms with van der Waals surface area (Å²) in [5, 5.41) is 6.27. The van der Waals surface area contributed by atoms with Crippen LogP contribution in [0, 0.1) is 6.92 Å². The summed E-state index contributed by atoms with van der Waals surface area (Å²) in [5.74, 6) is 1.05. The second kappa shape index (κ2) is 5.16. The van der Waals surface area contributed by atoms with E-state index in [4.69, 9.17) is 4.42 Å². The molecule has 0 saturated carbocycles. The van der Waals surface area contributed by atoms with Crippen molar-refractivity contribution in [2.45, 2.75) is 32.2 Å². The molecule has 1 fully saturated rings. The van der Waals surface area contributed by atoms with Crippen molar-refractivity contribution in [2.75, 3.05) is 13.1 Å². The molecule has 0 bridgehead atoms. The fourth-order valence-corrected chi connectivity index (χ4v) is 2.01. The molecule has 2 rings (SSSR count). The van der Waals surface area contributed by atoms with Gasteiger partial charge in [0.15, 0.2) is 5.76 Å². The largest absolute Gasteiger partial charge is 0.456 e. The van der Waals surface area contributed by atoms with Gasteiger partial charge in [0, 0.05) is 12.6 Å². The average molecular weight is 222 g/mol. The minimum absolute atomic E-state index is 0.119. The lowest BCUT2D eigenvalue weighted by molar-refractivity contribution is 0.0923. The molecular weight excluding hydrogens is 204 g/mol. The second-order valence-electron chi connectivity index (χ2n) is 4.25. The molecule has 16 heavy (non-hydrogen) atoms. The maximum Gasteiger partial charge on any atom is 0.286 e. The molecule has 0 aliphatic carbocycles. The first-order valence-corrected chi connectivity index (χ1v) is 5.84. The predicted octanol–water partition coefficient (Wildman–Crippen LogP) is 1.46. The molecule has 4 heteroatoms. The van der Waals surface area contributed by atoms with E-state index in [-0.39, 0.29) is 5.91 Å². The summed E-state index contributed by atoms with van der Waals surface area (Å²) in [6.45, 7) is 3.64. The average Bonchev–Trinajstić information content (AvgIpc) is 2.89. The van der Waals surface area contributed by atoms with E-state index in [1.165, 1.54) is 12.8 Å². The number of nitrogens with one attached hydrogen (secondary N) is 2. The maximum atomic E-state index is 11.6. The minimum Gasteiger partial charge on any atom is -0.456 e. The molecular formula is C12H18N2O2. The molecule has 1 aliphatic heterocycles. The van der Waals surface area contributed by atoms with Gasteiger partial charge in [-0.05, 0) is 44.9 Å². The summed E-state index contributed by atoms with van der Waals surface area (Å²) in [6.07, 6.45) is 3.46. The first-order valence-electron chi connectivity index (χ1n) is 5.84. The molecule has 1 saturated heterocycles. The van der Waals surface area contributed by atoms with E-state index in [9.17, 15) is 4.79 Å². The van der Waals surface area contributed by atoms with E-state index in [1.54, 1.807) is 12.1 Å². The van der Waals surface area contributed by atoms with Gasteiger partial charge in [-0.3, -0.25) is 4.79 Å². The van der Waals surface area contributed by atoms with Gasteiger partial charge in [-0.1, -0.05) is 0 Å². The number of hydrogen-bond donors (Lipinski definition) is 2. The highest BCUT2D eigenvalue weighted by Crippen LogP contribution is 2.08. The van der Waals surface area contributed by atoms with Crippen LogP contribution < -0.4 is 10.6 Å². The highest BCUT2D eigenvalue weighted by atomic mass is 16.3. The van der Waals surface area contributed by atoms with Gasteiger partial charge in [-0.2, -0.15) is 0 Å². The van der Waals surface area contributed by atoms with Crippen molar-refractivity contribution in [3.05, 3.63) is 23.7 Å². The van der Waals surface area contributed by atoms with E-state index in [0.717, 1.165) is 18.7 Å². The molecule has 0 radical (unpaired) electrons. The van der Waals surface area contributed by atoms with Gasteiger partial charge in [-0.15, -0.1) is 0 Å². The first-order chi connectivity index (χ1) is 7.75. The Morgan fingerprint density at radius 2 is 2.50 bits per heavy atom. The van der Waals surface area contributed by atoms with Crippen molar-refractivity contribution in [3.63, 3.8) is 0 Å². The van der Waals surface area contributed by atoms with Crippen LogP contribution in [0.1, 0.15) is 35.6 Å². The Morgan fingerprint density at radius 3 is 3.12 bits per heavy atom. The SMILES string of the molecule is Cc1ccc(C(=O)NCC[C@H]2CCCN2)o1. The molecule has 88 valence electrons. The van der Waals surface area contributed by atoms with Crippen LogP contribution in [0.25, 0.3) is 0 Å². The molecule has 1 amide bonds. The Hall–Kier alpha value is -1.29. The molecule has 1 aromatic rings. The lowest BCUT2D eigenvalue weighted by atomic mass is 10.1. The van der Waals surface area contributed by atoms with E-state index in [2.05, 4.69) is 10.6 Å². The molecule has 2 N–H and O–H groups in total. The highest BCUT2D eigenvalue weighted by molar-refractivity contribution is 5.91. The Morgan fingerprint density at radius 1 is 1.62 bits per heavy atom. The van der Waals surface area contributed by atoms with E-state index in [1.807, 2.05) is 6.92 Å². The lowest BCUT2D eigenvalue weighted by Gasteiger charge is -2.09. The number of rotatable bonds is 4. The van der Waals surface area contributed by atoms with Crippen LogP contribution in [0.3, 0.4) is 0 Å². The van der Waals surface area contributed by atoms with E-state index >= 15 is 0 Å². The first kappa shape index (κ1) is 11.2. The van der Waals surface area contributed by atoms with Crippen molar-refractivity contribution in [2.24, 2.45) is 0 Å². The third-order valence-electron chi connectivity index (χ3n) is 2.90. The van der Waals surface area contributed by atoms with Gasteiger partial charge >= 0.3 is 0 Å². The van der Waals surface area contributed by atoms with Crippen LogP contribution in [0.2, 0.25) is 0 Å². The zero-order chi connectivity index (χ0) is 11.4. The van der Waals surface area contributed by atoms with E-state index in [0.29, 0.717) is 18.3 Å².